The van der Waals surface area contributed by atoms with Crippen LogP contribution in [0.15, 0.2) is 42.5 Å². The minimum Gasteiger partial charge on any atom is -0.497 e. The maximum absolute atomic E-state index is 6.13. The van der Waals surface area contributed by atoms with E-state index in [1.54, 1.807) is 7.11 Å². The van der Waals surface area contributed by atoms with Crippen LogP contribution < -0.4 is 9.47 Å². The molecule has 4 nitrogen and oxygen atoms in total. The molecule has 0 unspecified atom stereocenters. The number of hydrogen-bond acceptors (Lipinski definition) is 4. The number of rotatable bonds is 6. The number of piperidine rings is 1. The van der Waals surface area contributed by atoms with Crippen molar-refractivity contribution in [3.05, 3.63) is 53.9 Å². The number of methoxy groups -OCH3 is 1. The van der Waals surface area contributed by atoms with E-state index in [0.29, 0.717) is 12.1 Å². The number of pyridine rings is 1. The molecule has 3 atom stereocenters. The van der Waals surface area contributed by atoms with Gasteiger partial charge in [0.15, 0.2) is 0 Å². The van der Waals surface area contributed by atoms with Crippen molar-refractivity contribution in [2.45, 2.75) is 44.8 Å². The van der Waals surface area contributed by atoms with Crippen molar-refractivity contribution in [2.75, 3.05) is 13.7 Å². The topological polar surface area (TPSA) is 34.6 Å². The van der Waals surface area contributed by atoms with Crippen LogP contribution in [-0.4, -0.2) is 35.7 Å². The fourth-order valence-corrected chi connectivity index (χ4v) is 4.41. The molecule has 1 aromatic heterocycles. The number of fused-ring (bicyclic) bond motifs is 2. The number of benzene rings is 1. The lowest BCUT2D eigenvalue weighted by Gasteiger charge is -2.35. The van der Waals surface area contributed by atoms with E-state index in [0.717, 1.165) is 36.3 Å². The van der Waals surface area contributed by atoms with Crippen molar-refractivity contribution < 1.29 is 9.47 Å². The Kier molecular flexibility index (Phi) is 4.62. The number of likely N-dealkylation sites (tertiary alicyclic amines) is 1. The van der Waals surface area contributed by atoms with Gasteiger partial charge in [-0.3, -0.25) is 9.88 Å². The third-order valence-electron chi connectivity index (χ3n) is 5.64. The zero-order valence-electron chi connectivity index (χ0n) is 15.0. The van der Waals surface area contributed by atoms with Gasteiger partial charge in [0.25, 0.3) is 0 Å². The van der Waals surface area contributed by atoms with Crippen molar-refractivity contribution in [3.8, 4) is 11.5 Å². The van der Waals surface area contributed by atoms with Crippen molar-refractivity contribution >= 4 is 0 Å². The van der Waals surface area contributed by atoms with Crippen molar-refractivity contribution in [1.82, 2.24) is 9.88 Å². The molecular weight excluding hydrogens is 312 g/mol. The Morgan fingerprint density at radius 3 is 2.80 bits per heavy atom. The molecule has 1 aromatic carbocycles. The second-order valence-corrected chi connectivity index (χ2v) is 7.23. The summed E-state index contributed by atoms with van der Waals surface area (Å²) >= 11 is 0. The minimum atomic E-state index is 0.479. The summed E-state index contributed by atoms with van der Waals surface area (Å²) in [5.41, 5.74) is 2.25. The number of aromatic nitrogens is 1. The lowest BCUT2D eigenvalue weighted by molar-refractivity contribution is 0.0855. The number of ether oxygens (including phenoxy) is 2. The fourth-order valence-electron chi connectivity index (χ4n) is 4.41. The van der Waals surface area contributed by atoms with Crippen LogP contribution in [0, 0.1) is 12.8 Å². The molecule has 0 spiro atoms. The highest BCUT2D eigenvalue weighted by Gasteiger charge is 2.46. The van der Waals surface area contributed by atoms with E-state index in [1.807, 2.05) is 24.3 Å². The van der Waals surface area contributed by atoms with Gasteiger partial charge in [0.2, 0.25) is 0 Å². The molecule has 0 radical (unpaired) electrons. The molecule has 2 fully saturated rings. The molecule has 1 saturated carbocycles. The van der Waals surface area contributed by atoms with E-state index >= 15 is 0 Å². The lowest BCUT2D eigenvalue weighted by Crippen LogP contribution is -2.43. The van der Waals surface area contributed by atoms with Crippen molar-refractivity contribution in [2.24, 2.45) is 5.92 Å². The zero-order valence-corrected chi connectivity index (χ0v) is 15.0. The monoisotopic (exact) mass is 338 g/mol. The predicted octanol–water partition coefficient (Wildman–Crippen LogP) is 3.83. The van der Waals surface area contributed by atoms with Gasteiger partial charge in [0, 0.05) is 30.4 Å². The Hall–Kier alpha value is -2.07. The van der Waals surface area contributed by atoms with Crippen molar-refractivity contribution in [3.63, 3.8) is 0 Å². The van der Waals surface area contributed by atoms with Crippen LogP contribution >= 0.6 is 0 Å². The highest BCUT2D eigenvalue weighted by Crippen LogP contribution is 2.43. The van der Waals surface area contributed by atoms with Crippen LogP contribution in [0.1, 0.15) is 30.7 Å². The summed E-state index contributed by atoms with van der Waals surface area (Å²) in [6.45, 7) is 3.72. The molecule has 0 amide bonds. The molecule has 4 rings (SSSR count). The molecule has 132 valence electrons. The average Bonchev–Trinajstić information content (AvgIpc) is 3.22. The lowest BCUT2D eigenvalue weighted by atomic mass is 9.99. The SMILES string of the molecule is COc1cccc(OC[C@@H]2[C@H]3CC[C@@H](C3)N2Cc2cccc(C)n2)c1. The Bertz CT molecular complexity index is 733. The first-order valence-electron chi connectivity index (χ1n) is 9.18. The first-order valence-corrected chi connectivity index (χ1v) is 9.18. The van der Waals surface area contributed by atoms with Crippen molar-refractivity contribution in [1.29, 1.82) is 0 Å². The number of nitrogens with zero attached hydrogens (tertiary/aromatic N) is 2. The standard InChI is InChI=1S/C21H26N2O2/c1-15-5-3-6-17(22-15)13-23-18-10-9-16(11-18)21(23)14-25-20-8-4-7-19(12-20)24-2/h3-8,12,16,18,21H,9-11,13-14H2,1-2H3/t16-,18-,21+/m0/s1. The summed E-state index contributed by atoms with van der Waals surface area (Å²) in [4.78, 5) is 7.32. The molecule has 4 heteroatoms. The third kappa shape index (κ3) is 3.49. The number of hydrogen-bond donors (Lipinski definition) is 0. The Labute approximate surface area is 149 Å². The average molecular weight is 338 g/mol. The molecule has 1 saturated heterocycles. The molecule has 2 aromatic rings. The summed E-state index contributed by atoms with van der Waals surface area (Å²) in [5, 5.41) is 0. The Balaban J connectivity index is 1.45. The summed E-state index contributed by atoms with van der Waals surface area (Å²) in [5.74, 6) is 2.47. The maximum Gasteiger partial charge on any atom is 0.123 e. The summed E-state index contributed by atoms with van der Waals surface area (Å²) < 4.78 is 11.4. The second-order valence-electron chi connectivity index (χ2n) is 7.23. The molecular formula is C21H26N2O2. The maximum atomic E-state index is 6.13. The third-order valence-corrected chi connectivity index (χ3v) is 5.64. The molecule has 2 heterocycles. The minimum absolute atomic E-state index is 0.479. The van der Waals surface area contributed by atoms with E-state index in [2.05, 4.69) is 30.0 Å². The van der Waals surface area contributed by atoms with E-state index in [-0.39, 0.29) is 0 Å². The van der Waals surface area contributed by atoms with Gasteiger partial charge in [-0.15, -0.1) is 0 Å². The van der Waals surface area contributed by atoms with Crippen LogP contribution in [-0.2, 0) is 6.54 Å². The van der Waals surface area contributed by atoms with Gasteiger partial charge < -0.3 is 9.47 Å². The molecule has 1 aliphatic heterocycles. The Morgan fingerprint density at radius 1 is 1.12 bits per heavy atom. The zero-order chi connectivity index (χ0) is 17.2. The molecule has 25 heavy (non-hydrogen) atoms. The molecule has 2 aliphatic rings. The summed E-state index contributed by atoms with van der Waals surface area (Å²) in [7, 11) is 1.69. The molecule has 2 bridgehead atoms. The van der Waals surface area contributed by atoms with Crippen LogP contribution in [0.25, 0.3) is 0 Å². The van der Waals surface area contributed by atoms with E-state index < -0.39 is 0 Å². The largest absolute Gasteiger partial charge is 0.497 e. The predicted molar refractivity (Wildman–Crippen MR) is 97.9 cm³/mol. The van der Waals surface area contributed by atoms with E-state index in [9.17, 15) is 0 Å². The van der Waals surface area contributed by atoms with Crippen LogP contribution in [0.2, 0.25) is 0 Å². The molecule has 0 N–H and O–H groups in total. The van der Waals surface area contributed by atoms with Crippen LogP contribution in [0.3, 0.4) is 0 Å². The van der Waals surface area contributed by atoms with Crippen LogP contribution in [0.4, 0.5) is 0 Å². The quantitative estimate of drug-likeness (QED) is 0.802. The van der Waals surface area contributed by atoms with Gasteiger partial charge in [-0.25, -0.2) is 0 Å². The highest BCUT2D eigenvalue weighted by molar-refractivity contribution is 5.32. The Morgan fingerprint density at radius 2 is 1.96 bits per heavy atom. The first-order chi connectivity index (χ1) is 12.2. The highest BCUT2D eigenvalue weighted by atomic mass is 16.5. The van der Waals surface area contributed by atoms with Gasteiger partial charge in [0.05, 0.1) is 12.8 Å². The first kappa shape index (κ1) is 16.4. The number of aryl methyl sites for hydroxylation is 1. The van der Waals surface area contributed by atoms with Gasteiger partial charge in [-0.1, -0.05) is 12.1 Å². The van der Waals surface area contributed by atoms with Gasteiger partial charge in [-0.2, -0.15) is 0 Å². The summed E-state index contributed by atoms with van der Waals surface area (Å²) in [6.07, 6.45) is 3.94. The van der Waals surface area contributed by atoms with Crippen LogP contribution in [0.5, 0.6) is 11.5 Å². The normalized spacial score (nSPS) is 25.3. The summed E-state index contributed by atoms with van der Waals surface area (Å²) in [6, 6.07) is 15.3. The smallest absolute Gasteiger partial charge is 0.123 e. The van der Waals surface area contributed by atoms with Gasteiger partial charge in [0.1, 0.15) is 18.1 Å². The van der Waals surface area contributed by atoms with E-state index in [1.165, 1.54) is 25.0 Å². The second kappa shape index (κ2) is 7.04. The van der Waals surface area contributed by atoms with Gasteiger partial charge >= 0.3 is 0 Å². The van der Waals surface area contributed by atoms with Gasteiger partial charge in [-0.05, 0) is 56.4 Å². The fraction of sp³-hybridized carbons (Fsp3) is 0.476. The van der Waals surface area contributed by atoms with E-state index in [4.69, 9.17) is 14.5 Å². The molecule has 1 aliphatic carbocycles.